The van der Waals surface area contributed by atoms with E-state index in [-0.39, 0.29) is 23.6 Å². The van der Waals surface area contributed by atoms with E-state index in [1.54, 1.807) is 30.3 Å². The van der Waals surface area contributed by atoms with Gasteiger partial charge >= 0.3 is 0 Å². The molecule has 4 aromatic carbocycles. The second-order valence-corrected chi connectivity index (χ2v) is 8.75. The van der Waals surface area contributed by atoms with Crippen molar-refractivity contribution >= 4 is 44.5 Å². The van der Waals surface area contributed by atoms with Crippen molar-refractivity contribution in [3.8, 4) is 17.2 Å². The minimum absolute atomic E-state index is 0.0178. The third kappa shape index (κ3) is 6.22. The lowest BCUT2D eigenvalue weighted by Gasteiger charge is -2.14. The van der Waals surface area contributed by atoms with E-state index in [2.05, 4.69) is 26.5 Å². The molecule has 0 saturated heterocycles. The van der Waals surface area contributed by atoms with Gasteiger partial charge in [-0.25, -0.2) is 5.43 Å². The smallest absolute Gasteiger partial charge is 0.275 e. The molecule has 188 valence electrons. The highest BCUT2D eigenvalue weighted by Gasteiger charge is 2.14. The Labute approximate surface area is 220 Å². The number of carbonyl (C=O) groups is 1. The average molecular weight is 564 g/mol. The molecule has 1 amide bonds. The zero-order valence-electron chi connectivity index (χ0n) is 19.7. The predicted octanol–water partition coefficient (Wildman–Crippen LogP) is 5.96. The molecule has 9 nitrogen and oxygen atoms in total. The van der Waals surface area contributed by atoms with Gasteiger partial charge in [-0.2, -0.15) is 5.10 Å². The van der Waals surface area contributed by atoms with Gasteiger partial charge in [-0.1, -0.05) is 36.4 Å². The molecule has 10 heteroatoms. The van der Waals surface area contributed by atoms with Crippen LogP contribution in [0.3, 0.4) is 0 Å². The van der Waals surface area contributed by atoms with Gasteiger partial charge in [-0.3, -0.25) is 14.9 Å². The molecule has 4 aromatic rings. The number of non-ortho nitro benzene ring substituents is 1. The van der Waals surface area contributed by atoms with Crippen molar-refractivity contribution in [1.29, 1.82) is 0 Å². The Balaban J connectivity index is 1.49. The van der Waals surface area contributed by atoms with Crippen LogP contribution in [0.5, 0.6) is 17.2 Å². The van der Waals surface area contributed by atoms with Crippen molar-refractivity contribution in [2.45, 2.75) is 13.5 Å². The Bertz CT molecular complexity index is 1510. The monoisotopic (exact) mass is 563 g/mol. The molecule has 4 rings (SSSR count). The topological polar surface area (TPSA) is 123 Å². The number of hydrogen-bond donors (Lipinski definition) is 2. The number of carbonyl (C=O) groups excluding carboxylic acids is 1. The first-order valence-corrected chi connectivity index (χ1v) is 12.0. The summed E-state index contributed by atoms with van der Waals surface area (Å²) < 4.78 is 12.2. The largest absolute Gasteiger partial charge is 0.507 e. The quantitative estimate of drug-likeness (QED) is 0.147. The van der Waals surface area contributed by atoms with Gasteiger partial charge < -0.3 is 14.6 Å². The number of phenols is 1. The number of hydrogen-bond acceptors (Lipinski definition) is 7. The Hall–Kier alpha value is -4.44. The highest BCUT2D eigenvalue weighted by Crippen LogP contribution is 2.37. The van der Waals surface area contributed by atoms with Crippen molar-refractivity contribution in [2.75, 3.05) is 6.61 Å². The maximum atomic E-state index is 12.6. The summed E-state index contributed by atoms with van der Waals surface area (Å²) in [6.45, 7) is 2.30. The maximum absolute atomic E-state index is 12.6. The number of fused-ring (bicyclic) bond motifs is 1. The number of rotatable bonds is 9. The van der Waals surface area contributed by atoms with Crippen molar-refractivity contribution in [1.82, 2.24) is 5.43 Å². The summed E-state index contributed by atoms with van der Waals surface area (Å²) in [6, 6.07) is 20.2. The van der Waals surface area contributed by atoms with Gasteiger partial charge in [0.15, 0.2) is 11.5 Å². The standard InChI is InChI=1S/C27H22BrN3O6/c1-2-36-25-12-18(11-23(28)26(25)37-16-17-6-5-9-21(10-17)31(34)35)15-29-30-27(33)22-13-19-7-3-4-8-20(19)14-24(22)32/h3-15,32H,2,16H2,1H3,(H,30,33). The SMILES string of the molecule is CCOc1cc(C=NNC(=O)c2cc3ccccc3cc2O)cc(Br)c1OCc1cccc([N+](=O)[O-])c1. The van der Waals surface area contributed by atoms with E-state index in [0.29, 0.717) is 33.7 Å². The van der Waals surface area contributed by atoms with Gasteiger partial charge in [0.05, 0.1) is 27.8 Å². The van der Waals surface area contributed by atoms with Crippen LogP contribution in [-0.4, -0.2) is 28.8 Å². The van der Waals surface area contributed by atoms with Crippen molar-refractivity contribution in [3.05, 3.63) is 104 Å². The van der Waals surface area contributed by atoms with E-state index in [4.69, 9.17) is 9.47 Å². The molecule has 2 N–H and O–H groups in total. The molecule has 0 unspecified atom stereocenters. The number of nitrogens with one attached hydrogen (secondary N) is 1. The zero-order valence-corrected chi connectivity index (χ0v) is 21.3. The van der Waals surface area contributed by atoms with Crippen LogP contribution in [-0.2, 0) is 6.61 Å². The number of hydrazone groups is 1. The number of aromatic hydroxyl groups is 1. The number of nitrogens with zero attached hydrogens (tertiary/aromatic N) is 2. The van der Waals surface area contributed by atoms with Gasteiger partial charge in [0.2, 0.25) is 0 Å². The van der Waals surface area contributed by atoms with Crippen LogP contribution in [0.15, 0.2) is 82.4 Å². The summed E-state index contributed by atoms with van der Waals surface area (Å²) in [4.78, 5) is 23.2. The van der Waals surface area contributed by atoms with E-state index in [9.17, 15) is 20.0 Å². The number of nitro benzene ring substituents is 1. The molecular formula is C27H22BrN3O6. The van der Waals surface area contributed by atoms with Crippen LogP contribution in [0.4, 0.5) is 5.69 Å². The Kier molecular flexibility index (Phi) is 7.99. The van der Waals surface area contributed by atoms with Crippen LogP contribution in [0.2, 0.25) is 0 Å². The fourth-order valence-corrected chi connectivity index (χ4v) is 4.19. The first kappa shape index (κ1) is 25.6. The predicted molar refractivity (Wildman–Crippen MR) is 143 cm³/mol. The highest BCUT2D eigenvalue weighted by atomic mass is 79.9. The molecule has 0 spiro atoms. The zero-order chi connectivity index (χ0) is 26.4. The first-order valence-electron chi connectivity index (χ1n) is 11.2. The number of benzene rings is 4. The van der Waals surface area contributed by atoms with Crippen LogP contribution in [0.25, 0.3) is 10.8 Å². The summed E-state index contributed by atoms with van der Waals surface area (Å²) in [5, 5.41) is 26.9. The van der Waals surface area contributed by atoms with E-state index >= 15 is 0 Å². The van der Waals surface area contributed by atoms with Crippen LogP contribution in [0.1, 0.15) is 28.4 Å². The summed E-state index contributed by atoms with van der Waals surface area (Å²) >= 11 is 3.47. The maximum Gasteiger partial charge on any atom is 0.275 e. The number of phenolic OH excluding ortho intramolecular Hbond substituents is 1. The van der Waals surface area contributed by atoms with E-state index < -0.39 is 10.8 Å². The minimum atomic E-state index is -0.555. The van der Waals surface area contributed by atoms with Crippen molar-refractivity contribution < 1.29 is 24.3 Å². The van der Waals surface area contributed by atoms with Crippen LogP contribution < -0.4 is 14.9 Å². The second-order valence-electron chi connectivity index (χ2n) is 7.89. The van der Waals surface area contributed by atoms with Gasteiger partial charge in [0.25, 0.3) is 11.6 Å². The van der Waals surface area contributed by atoms with Crippen LogP contribution in [0, 0.1) is 10.1 Å². The van der Waals surface area contributed by atoms with Gasteiger partial charge in [-0.05, 0) is 69.0 Å². The fourth-order valence-electron chi connectivity index (χ4n) is 3.62. The molecule has 0 aliphatic carbocycles. The number of amides is 1. The van der Waals surface area contributed by atoms with Crippen LogP contribution >= 0.6 is 15.9 Å². The third-order valence-corrected chi connectivity index (χ3v) is 5.91. The molecule has 0 aromatic heterocycles. The Morgan fingerprint density at radius 3 is 2.57 bits per heavy atom. The minimum Gasteiger partial charge on any atom is -0.507 e. The molecule has 0 bridgehead atoms. The Morgan fingerprint density at radius 1 is 1.08 bits per heavy atom. The summed E-state index contributed by atoms with van der Waals surface area (Å²) in [7, 11) is 0. The van der Waals surface area contributed by atoms with Gasteiger partial charge in [0, 0.05) is 12.1 Å². The van der Waals surface area contributed by atoms with Crippen molar-refractivity contribution in [3.63, 3.8) is 0 Å². The average Bonchev–Trinajstić information content (AvgIpc) is 2.88. The van der Waals surface area contributed by atoms with Gasteiger partial charge in [-0.15, -0.1) is 0 Å². The van der Waals surface area contributed by atoms with Gasteiger partial charge in [0.1, 0.15) is 12.4 Å². The van der Waals surface area contributed by atoms with E-state index in [1.807, 2.05) is 31.2 Å². The first-order chi connectivity index (χ1) is 17.9. The molecule has 0 heterocycles. The molecule has 0 saturated carbocycles. The summed E-state index contributed by atoms with van der Waals surface area (Å²) in [5.74, 6) is 0.163. The third-order valence-electron chi connectivity index (χ3n) is 5.32. The van der Waals surface area contributed by atoms with E-state index in [1.165, 1.54) is 24.4 Å². The van der Waals surface area contributed by atoms with Crippen molar-refractivity contribution in [2.24, 2.45) is 5.10 Å². The molecule has 37 heavy (non-hydrogen) atoms. The molecule has 0 aliphatic heterocycles. The van der Waals surface area contributed by atoms with E-state index in [0.717, 1.165) is 10.8 Å². The lowest BCUT2D eigenvalue weighted by molar-refractivity contribution is -0.384. The molecule has 0 radical (unpaired) electrons. The normalized spacial score (nSPS) is 11.0. The molecule has 0 fully saturated rings. The Morgan fingerprint density at radius 2 is 1.84 bits per heavy atom. The summed E-state index contributed by atoms with van der Waals surface area (Å²) in [6.07, 6.45) is 1.44. The lowest BCUT2D eigenvalue weighted by Crippen LogP contribution is -2.17. The molecular weight excluding hydrogens is 542 g/mol. The number of ether oxygens (including phenoxy) is 2. The second kappa shape index (κ2) is 11.5. The summed E-state index contributed by atoms with van der Waals surface area (Å²) in [5.41, 5.74) is 3.76. The molecule has 0 atom stereocenters. The highest BCUT2D eigenvalue weighted by molar-refractivity contribution is 9.10. The lowest BCUT2D eigenvalue weighted by atomic mass is 10.1. The number of halogens is 1. The number of nitro groups is 1. The fraction of sp³-hybridized carbons (Fsp3) is 0.111. The molecule has 0 aliphatic rings.